The number of hydrogen-bond donors (Lipinski definition) is 4. The van der Waals surface area contributed by atoms with E-state index in [1.54, 1.807) is 24.3 Å². The minimum atomic E-state index is -0.420. The summed E-state index contributed by atoms with van der Waals surface area (Å²) in [6.45, 7) is 0. The number of para-hydroxylation sites is 2. The highest BCUT2D eigenvalue weighted by Crippen LogP contribution is 2.16. The number of benzene rings is 1. The molecule has 0 bridgehead atoms. The molecule has 16 heavy (non-hydrogen) atoms. The maximum Gasteiger partial charge on any atom is 0.271 e. The van der Waals surface area contributed by atoms with Crippen LogP contribution in [0.3, 0.4) is 0 Å². The minimum Gasteiger partial charge on any atom is -0.405 e. The van der Waals surface area contributed by atoms with Crippen LogP contribution in [-0.2, 0) is 4.79 Å². The number of carbonyl (C=O) groups excluding carboxylic acids is 1. The highest BCUT2D eigenvalue weighted by molar-refractivity contribution is 6.04. The Bertz CT molecular complexity index is 437. The van der Waals surface area contributed by atoms with E-state index in [4.69, 9.17) is 17.2 Å². The molecule has 1 aromatic rings. The fourth-order valence-corrected chi connectivity index (χ4v) is 1.04. The Balaban J connectivity index is 2.76. The first-order valence-corrected chi connectivity index (χ1v) is 4.65. The molecule has 7 N–H and O–H groups in total. The summed E-state index contributed by atoms with van der Waals surface area (Å²) in [7, 11) is 0. The Kier molecular flexibility index (Phi) is 3.97. The van der Waals surface area contributed by atoms with Crippen LogP contribution in [0.2, 0.25) is 0 Å². The predicted octanol–water partition coefficient (Wildman–Crippen LogP) is 0.522. The van der Waals surface area contributed by atoms with Gasteiger partial charge in [-0.3, -0.25) is 4.79 Å². The van der Waals surface area contributed by atoms with Crippen LogP contribution in [0.1, 0.15) is 0 Å². The molecule has 0 aliphatic carbocycles. The van der Waals surface area contributed by atoms with Crippen LogP contribution in [0, 0.1) is 0 Å². The molecule has 1 rings (SSSR count). The molecule has 0 atom stereocenters. The lowest BCUT2D eigenvalue weighted by Crippen LogP contribution is -2.20. The molecule has 0 saturated heterocycles. The molecule has 0 radical (unpaired) electrons. The van der Waals surface area contributed by atoms with Crippen molar-refractivity contribution in [2.75, 3.05) is 11.1 Å². The third-order valence-corrected chi connectivity index (χ3v) is 1.86. The highest BCUT2D eigenvalue weighted by atomic mass is 16.2. The number of amides is 1. The first-order chi connectivity index (χ1) is 7.65. The molecule has 0 fully saturated rings. The molecule has 0 heterocycles. The van der Waals surface area contributed by atoms with Gasteiger partial charge in [0.1, 0.15) is 0 Å². The predicted molar refractivity (Wildman–Crippen MR) is 65.1 cm³/mol. The van der Waals surface area contributed by atoms with Gasteiger partial charge in [-0.2, -0.15) is 0 Å². The smallest absolute Gasteiger partial charge is 0.271 e. The van der Waals surface area contributed by atoms with Crippen LogP contribution < -0.4 is 22.5 Å². The number of allylic oxidation sites excluding steroid dienone is 2. The maximum absolute atomic E-state index is 11.5. The Hall–Kier alpha value is -2.43. The number of carbonyl (C=O) groups is 1. The van der Waals surface area contributed by atoms with Crippen molar-refractivity contribution >= 4 is 17.3 Å². The van der Waals surface area contributed by atoms with Gasteiger partial charge in [-0.05, 0) is 30.5 Å². The Morgan fingerprint density at radius 1 is 1.31 bits per heavy atom. The molecule has 5 heteroatoms. The van der Waals surface area contributed by atoms with Gasteiger partial charge < -0.3 is 22.5 Å². The Morgan fingerprint density at radius 3 is 2.62 bits per heavy atom. The topological polar surface area (TPSA) is 107 Å². The largest absolute Gasteiger partial charge is 0.405 e. The van der Waals surface area contributed by atoms with E-state index in [0.717, 1.165) is 0 Å². The van der Waals surface area contributed by atoms with Crippen molar-refractivity contribution in [3.05, 3.63) is 48.3 Å². The normalized spacial score (nSPS) is 11.6. The van der Waals surface area contributed by atoms with E-state index in [1.165, 1.54) is 18.4 Å². The Labute approximate surface area is 93.6 Å². The zero-order valence-corrected chi connectivity index (χ0v) is 8.68. The van der Waals surface area contributed by atoms with Crippen LogP contribution >= 0.6 is 0 Å². The number of anilines is 2. The molecule has 5 nitrogen and oxygen atoms in total. The van der Waals surface area contributed by atoms with Gasteiger partial charge in [0.15, 0.2) is 0 Å². The van der Waals surface area contributed by atoms with Crippen molar-refractivity contribution in [3.8, 4) is 0 Å². The quantitative estimate of drug-likeness (QED) is 0.337. The lowest BCUT2D eigenvalue weighted by molar-refractivity contribution is -0.112. The van der Waals surface area contributed by atoms with Crippen LogP contribution in [0.4, 0.5) is 11.4 Å². The first-order valence-electron chi connectivity index (χ1n) is 4.65. The zero-order chi connectivity index (χ0) is 12.0. The molecule has 0 unspecified atom stereocenters. The van der Waals surface area contributed by atoms with Gasteiger partial charge in [-0.15, -0.1) is 0 Å². The van der Waals surface area contributed by atoms with Crippen molar-refractivity contribution < 1.29 is 4.79 Å². The average molecular weight is 218 g/mol. The highest BCUT2D eigenvalue weighted by Gasteiger charge is 2.06. The summed E-state index contributed by atoms with van der Waals surface area (Å²) in [6, 6.07) is 6.93. The van der Waals surface area contributed by atoms with Crippen molar-refractivity contribution in [2.45, 2.75) is 0 Å². The second-order valence-corrected chi connectivity index (χ2v) is 3.05. The van der Waals surface area contributed by atoms with Crippen molar-refractivity contribution in [3.63, 3.8) is 0 Å². The molecule has 1 aromatic carbocycles. The number of nitrogens with two attached hydrogens (primary N) is 3. The summed E-state index contributed by atoms with van der Waals surface area (Å²) in [5, 5.41) is 2.59. The monoisotopic (exact) mass is 218 g/mol. The second-order valence-electron chi connectivity index (χ2n) is 3.05. The molecule has 0 saturated carbocycles. The summed E-state index contributed by atoms with van der Waals surface area (Å²) in [6.07, 6.45) is 4.18. The van der Waals surface area contributed by atoms with Crippen LogP contribution in [0.25, 0.3) is 0 Å². The lowest BCUT2D eigenvalue weighted by Gasteiger charge is -2.07. The van der Waals surface area contributed by atoms with Gasteiger partial charge in [0.2, 0.25) is 0 Å². The van der Waals surface area contributed by atoms with Crippen molar-refractivity contribution in [2.24, 2.45) is 11.5 Å². The summed E-state index contributed by atoms with van der Waals surface area (Å²) < 4.78 is 0. The van der Waals surface area contributed by atoms with Crippen LogP contribution in [0.5, 0.6) is 0 Å². The van der Waals surface area contributed by atoms with E-state index in [2.05, 4.69) is 5.32 Å². The van der Waals surface area contributed by atoms with Gasteiger partial charge >= 0.3 is 0 Å². The van der Waals surface area contributed by atoms with Gasteiger partial charge in [0, 0.05) is 0 Å². The fourth-order valence-electron chi connectivity index (χ4n) is 1.04. The van der Waals surface area contributed by atoms with E-state index < -0.39 is 5.91 Å². The average Bonchev–Trinajstić information content (AvgIpc) is 2.28. The van der Waals surface area contributed by atoms with Gasteiger partial charge in [-0.1, -0.05) is 12.1 Å². The number of rotatable bonds is 3. The molecule has 0 spiro atoms. The summed E-state index contributed by atoms with van der Waals surface area (Å²) in [4.78, 5) is 11.5. The standard InChI is InChI=1S/C11H14N4O/c12-7-3-5-9(14)11(16)15-10-6-2-1-4-8(10)13/h1-7H,12-14H2,(H,15,16)/b7-3-,9-5-. The molecule has 0 aliphatic heterocycles. The maximum atomic E-state index is 11.5. The van der Waals surface area contributed by atoms with Crippen LogP contribution in [-0.4, -0.2) is 5.91 Å². The van der Waals surface area contributed by atoms with E-state index in [-0.39, 0.29) is 5.70 Å². The molecular formula is C11H14N4O. The second kappa shape index (κ2) is 5.45. The van der Waals surface area contributed by atoms with E-state index in [9.17, 15) is 4.79 Å². The first kappa shape index (κ1) is 11.6. The number of nitrogens with one attached hydrogen (secondary N) is 1. The SMILES string of the molecule is N/C=C\C=C(/N)C(=O)Nc1ccccc1N. The molecule has 84 valence electrons. The van der Waals surface area contributed by atoms with E-state index >= 15 is 0 Å². The molecule has 0 aliphatic rings. The Morgan fingerprint density at radius 2 is 2.00 bits per heavy atom. The number of hydrogen-bond acceptors (Lipinski definition) is 4. The van der Waals surface area contributed by atoms with Gasteiger partial charge in [-0.25, -0.2) is 0 Å². The van der Waals surface area contributed by atoms with Gasteiger partial charge in [0.25, 0.3) is 5.91 Å². The molecule has 1 amide bonds. The summed E-state index contributed by atoms with van der Waals surface area (Å²) in [5.41, 5.74) is 17.4. The third-order valence-electron chi connectivity index (χ3n) is 1.86. The lowest BCUT2D eigenvalue weighted by atomic mass is 10.2. The van der Waals surface area contributed by atoms with Crippen LogP contribution in [0.15, 0.2) is 48.3 Å². The van der Waals surface area contributed by atoms with Crippen molar-refractivity contribution in [1.29, 1.82) is 0 Å². The molecule has 0 aromatic heterocycles. The van der Waals surface area contributed by atoms with E-state index in [1.807, 2.05) is 0 Å². The number of nitrogen functional groups attached to an aromatic ring is 1. The summed E-state index contributed by atoms with van der Waals surface area (Å²) in [5.74, 6) is -0.420. The van der Waals surface area contributed by atoms with Crippen molar-refractivity contribution in [1.82, 2.24) is 0 Å². The zero-order valence-electron chi connectivity index (χ0n) is 8.68. The fraction of sp³-hybridized carbons (Fsp3) is 0. The third kappa shape index (κ3) is 3.06. The molecular weight excluding hydrogens is 204 g/mol. The van der Waals surface area contributed by atoms with Gasteiger partial charge in [0.05, 0.1) is 17.1 Å². The van der Waals surface area contributed by atoms with E-state index in [0.29, 0.717) is 11.4 Å². The summed E-state index contributed by atoms with van der Waals surface area (Å²) >= 11 is 0. The minimum absolute atomic E-state index is 0.0601.